The quantitative estimate of drug-likeness (QED) is 0.876. The second kappa shape index (κ2) is 5.39. The van der Waals surface area contributed by atoms with E-state index in [4.69, 9.17) is 0 Å². The summed E-state index contributed by atoms with van der Waals surface area (Å²) in [5.74, 6) is 0.679. The summed E-state index contributed by atoms with van der Waals surface area (Å²) in [4.78, 5) is 13.5. The highest BCUT2D eigenvalue weighted by atomic mass is 32.2. The number of hydrogen-bond acceptors (Lipinski definition) is 3. The molecule has 0 bridgehead atoms. The second-order valence-electron chi connectivity index (χ2n) is 4.76. The molecule has 0 aromatic carbocycles. The normalized spacial score (nSPS) is 11.5. The number of carbonyl (C=O) groups excluding carboxylic acids is 1. The average molecular weight is 241 g/mol. The monoisotopic (exact) mass is 241 g/mol. The van der Waals surface area contributed by atoms with Gasteiger partial charge in [0, 0.05) is 30.1 Å². The number of aromatic nitrogens is 2. The Kier molecular flexibility index (Phi) is 4.41. The highest BCUT2D eigenvalue weighted by molar-refractivity contribution is 8.01. The molecule has 0 saturated heterocycles. The standard InChI is InChI=1S/C11H19N3OS/c1-11(2,3)16-8-10(15)14(4)7-9-5-12-13-6-9/h5-6H,7-8H2,1-4H3,(H,12,13). The molecule has 16 heavy (non-hydrogen) atoms. The molecule has 1 aromatic heterocycles. The van der Waals surface area contributed by atoms with Gasteiger partial charge in [0.25, 0.3) is 0 Å². The molecule has 0 fully saturated rings. The lowest BCUT2D eigenvalue weighted by molar-refractivity contribution is -0.127. The third-order valence-electron chi connectivity index (χ3n) is 2.03. The molecule has 1 N–H and O–H groups in total. The molecule has 1 heterocycles. The van der Waals surface area contributed by atoms with Crippen LogP contribution in [0.5, 0.6) is 0 Å². The van der Waals surface area contributed by atoms with Gasteiger partial charge in [-0.25, -0.2) is 0 Å². The first-order valence-electron chi connectivity index (χ1n) is 5.24. The van der Waals surface area contributed by atoms with E-state index in [2.05, 4.69) is 31.0 Å². The van der Waals surface area contributed by atoms with E-state index in [9.17, 15) is 4.79 Å². The third-order valence-corrected chi connectivity index (χ3v) is 3.29. The largest absolute Gasteiger partial charge is 0.341 e. The van der Waals surface area contributed by atoms with Gasteiger partial charge in [-0.3, -0.25) is 9.89 Å². The SMILES string of the molecule is CN(Cc1cn[nH]c1)C(=O)CSC(C)(C)C. The number of aromatic amines is 1. The fourth-order valence-electron chi connectivity index (χ4n) is 1.11. The van der Waals surface area contributed by atoms with Crippen LogP contribution in [-0.2, 0) is 11.3 Å². The predicted octanol–water partition coefficient (Wildman–Crippen LogP) is 1.90. The van der Waals surface area contributed by atoms with Gasteiger partial charge in [-0.2, -0.15) is 5.10 Å². The Morgan fingerprint density at radius 1 is 1.56 bits per heavy atom. The summed E-state index contributed by atoms with van der Waals surface area (Å²) < 4.78 is 0.131. The molecule has 0 aliphatic carbocycles. The molecule has 1 aromatic rings. The summed E-state index contributed by atoms with van der Waals surface area (Å²) in [6, 6.07) is 0. The number of thioether (sulfide) groups is 1. The molecule has 0 saturated carbocycles. The molecular weight excluding hydrogens is 222 g/mol. The van der Waals surface area contributed by atoms with Crippen molar-refractivity contribution in [2.45, 2.75) is 32.1 Å². The highest BCUT2D eigenvalue weighted by Crippen LogP contribution is 2.23. The van der Waals surface area contributed by atoms with Crippen molar-refractivity contribution in [3.63, 3.8) is 0 Å². The Morgan fingerprint density at radius 3 is 2.75 bits per heavy atom. The van der Waals surface area contributed by atoms with Crippen molar-refractivity contribution in [3.05, 3.63) is 18.0 Å². The van der Waals surface area contributed by atoms with Crippen LogP contribution >= 0.6 is 11.8 Å². The van der Waals surface area contributed by atoms with Gasteiger partial charge in [0.05, 0.1) is 11.9 Å². The number of nitrogens with one attached hydrogen (secondary N) is 1. The van der Waals surface area contributed by atoms with Crippen molar-refractivity contribution in [2.24, 2.45) is 0 Å². The Labute approximate surface area is 101 Å². The van der Waals surface area contributed by atoms with E-state index in [1.165, 1.54) is 0 Å². The first-order valence-corrected chi connectivity index (χ1v) is 6.22. The lowest BCUT2D eigenvalue weighted by atomic mass is 10.3. The highest BCUT2D eigenvalue weighted by Gasteiger charge is 2.16. The van der Waals surface area contributed by atoms with Gasteiger partial charge in [-0.15, -0.1) is 11.8 Å². The van der Waals surface area contributed by atoms with E-state index >= 15 is 0 Å². The van der Waals surface area contributed by atoms with Gasteiger partial charge in [-0.05, 0) is 0 Å². The molecular formula is C11H19N3OS. The molecule has 1 amide bonds. The Morgan fingerprint density at radius 2 is 2.25 bits per heavy atom. The molecule has 1 rings (SSSR count). The molecule has 0 radical (unpaired) electrons. The van der Waals surface area contributed by atoms with E-state index in [1.807, 2.05) is 7.05 Å². The summed E-state index contributed by atoms with van der Waals surface area (Å²) in [6.07, 6.45) is 3.54. The van der Waals surface area contributed by atoms with E-state index in [0.717, 1.165) is 5.56 Å². The number of rotatable bonds is 4. The van der Waals surface area contributed by atoms with Gasteiger partial charge < -0.3 is 4.90 Å². The zero-order valence-corrected chi connectivity index (χ0v) is 11.1. The molecule has 0 spiro atoms. The Balaban J connectivity index is 2.37. The van der Waals surface area contributed by atoms with Gasteiger partial charge >= 0.3 is 0 Å². The topological polar surface area (TPSA) is 49.0 Å². The molecule has 5 heteroatoms. The van der Waals surface area contributed by atoms with Crippen LogP contribution in [0.15, 0.2) is 12.4 Å². The molecule has 0 aliphatic rings. The number of hydrogen-bond donors (Lipinski definition) is 1. The van der Waals surface area contributed by atoms with E-state index in [-0.39, 0.29) is 10.7 Å². The van der Waals surface area contributed by atoms with Crippen molar-refractivity contribution in [3.8, 4) is 0 Å². The average Bonchev–Trinajstić information content (AvgIpc) is 2.65. The first-order chi connectivity index (χ1) is 7.38. The summed E-state index contributed by atoms with van der Waals surface area (Å²) in [7, 11) is 1.82. The van der Waals surface area contributed by atoms with Crippen molar-refractivity contribution in [1.82, 2.24) is 15.1 Å². The summed E-state index contributed by atoms with van der Waals surface area (Å²) in [5, 5.41) is 6.59. The molecule has 4 nitrogen and oxygen atoms in total. The Bertz CT molecular complexity index is 329. The van der Waals surface area contributed by atoms with Crippen LogP contribution < -0.4 is 0 Å². The fourth-order valence-corrected chi connectivity index (χ4v) is 1.89. The lowest BCUT2D eigenvalue weighted by Gasteiger charge is -2.20. The summed E-state index contributed by atoms with van der Waals surface area (Å²) >= 11 is 1.67. The van der Waals surface area contributed by atoms with Gasteiger partial charge in [0.15, 0.2) is 0 Å². The molecule has 90 valence electrons. The summed E-state index contributed by atoms with van der Waals surface area (Å²) in [6.45, 7) is 6.95. The summed E-state index contributed by atoms with van der Waals surface area (Å²) in [5.41, 5.74) is 1.02. The number of nitrogens with zero attached hydrogens (tertiary/aromatic N) is 2. The van der Waals surface area contributed by atoms with E-state index in [0.29, 0.717) is 12.3 Å². The first kappa shape index (κ1) is 13.1. The minimum atomic E-state index is 0.131. The van der Waals surface area contributed by atoms with Gasteiger partial charge in [0.1, 0.15) is 0 Å². The van der Waals surface area contributed by atoms with Gasteiger partial charge in [0.2, 0.25) is 5.91 Å². The van der Waals surface area contributed by atoms with Crippen LogP contribution in [-0.4, -0.2) is 38.6 Å². The third kappa shape index (κ3) is 4.70. The molecule has 0 aliphatic heterocycles. The van der Waals surface area contributed by atoms with Crippen LogP contribution in [0.1, 0.15) is 26.3 Å². The predicted molar refractivity (Wildman–Crippen MR) is 67.3 cm³/mol. The zero-order valence-electron chi connectivity index (χ0n) is 10.3. The van der Waals surface area contributed by atoms with Crippen LogP contribution in [0.25, 0.3) is 0 Å². The van der Waals surface area contributed by atoms with Crippen molar-refractivity contribution >= 4 is 17.7 Å². The van der Waals surface area contributed by atoms with Crippen molar-refractivity contribution in [2.75, 3.05) is 12.8 Å². The fraction of sp³-hybridized carbons (Fsp3) is 0.636. The minimum absolute atomic E-state index is 0.131. The van der Waals surface area contributed by atoms with E-state index in [1.54, 1.807) is 29.1 Å². The van der Waals surface area contributed by atoms with Crippen LogP contribution in [0, 0.1) is 0 Å². The zero-order chi connectivity index (χ0) is 12.2. The smallest absolute Gasteiger partial charge is 0.232 e. The maximum Gasteiger partial charge on any atom is 0.232 e. The molecule has 0 atom stereocenters. The maximum absolute atomic E-state index is 11.8. The van der Waals surface area contributed by atoms with Crippen molar-refractivity contribution in [1.29, 1.82) is 0 Å². The number of carbonyl (C=O) groups is 1. The lowest BCUT2D eigenvalue weighted by Crippen LogP contribution is -2.29. The van der Waals surface area contributed by atoms with Gasteiger partial charge in [-0.1, -0.05) is 20.8 Å². The minimum Gasteiger partial charge on any atom is -0.341 e. The van der Waals surface area contributed by atoms with Crippen LogP contribution in [0.4, 0.5) is 0 Å². The van der Waals surface area contributed by atoms with Crippen molar-refractivity contribution < 1.29 is 4.79 Å². The number of amides is 1. The van der Waals surface area contributed by atoms with Crippen LogP contribution in [0.3, 0.4) is 0 Å². The van der Waals surface area contributed by atoms with E-state index < -0.39 is 0 Å². The van der Waals surface area contributed by atoms with Crippen LogP contribution in [0.2, 0.25) is 0 Å². The second-order valence-corrected chi connectivity index (χ2v) is 6.56. The number of H-pyrrole nitrogens is 1. The maximum atomic E-state index is 11.8. The molecule has 0 unspecified atom stereocenters. The Hall–Kier alpha value is -0.970.